The first-order valence-electron chi connectivity index (χ1n) is 9.02. The molecule has 0 unspecified atom stereocenters. The third kappa shape index (κ3) is 3.51. The van der Waals surface area contributed by atoms with Crippen LogP contribution in [0.2, 0.25) is 0 Å². The Balaban J connectivity index is 1.94. The van der Waals surface area contributed by atoms with E-state index in [-0.39, 0.29) is 24.4 Å². The summed E-state index contributed by atoms with van der Waals surface area (Å²) in [5.74, 6) is 0.670. The van der Waals surface area contributed by atoms with Crippen molar-refractivity contribution in [2.45, 2.75) is 45.8 Å². The number of methoxy groups -OCH3 is 1. The maximum absolute atomic E-state index is 13.9. The van der Waals surface area contributed by atoms with Crippen LogP contribution in [0.4, 0.5) is 4.39 Å². The van der Waals surface area contributed by atoms with Crippen LogP contribution in [0, 0.1) is 25.6 Å². The summed E-state index contributed by atoms with van der Waals surface area (Å²) < 4.78 is 25.6. The molecule has 0 aromatic heterocycles. The molecule has 138 valence electrons. The summed E-state index contributed by atoms with van der Waals surface area (Å²) in [4.78, 5) is 11.0. The van der Waals surface area contributed by atoms with Crippen LogP contribution >= 0.6 is 0 Å². The second kappa shape index (κ2) is 8.00. The Bertz CT molecular complexity index is 800. The Morgan fingerprint density at radius 1 is 1.27 bits per heavy atom. The minimum atomic E-state index is -0.263. The molecule has 0 radical (unpaired) electrons. The fourth-order valence-electron chi connectivity index (χ4n) is 3.99. The second-order valence-corrected chi connectivity index (χ2v) is 6.95. The molecule has 3 nitrogen and oxygen atoms in total. The first kappa shape index (κ1) is 18.6. The van der Waals surface area contributed by atoms with Gasteiger partial charge in [-0.1, -0.05) is 18.2 Å². The molecule has 0 N–H and O–H groups in total. The third-order valence-corrected chi connectivity index (χ3v) is 5.39. The number of carbonyl (C=O) groups is 1. The molecule has 26 heavy (non-hydrogen) atoms. The molecule has 1 aliphatic carbocycles. The van der Waals surface area contributed by atoms with E-state index in [1.54, 1.807) is 25.3 Å². The molecule has 0 saturated carbocycles. The van der Waals surface area contributed by atoms with Crippen molar-refractivity contribution in [1.29, 1.82) is 0 Å². The molecule has 0 heterocycles. The topological polar surface area (TPSA) is 35.5 Å². The molecule has 1 aliphatic rings. The van der Waals surface area contributed by atoms with Crippen LogP contribution < -0.4 is 4.74 Å². The quantitative estimate of drug-likeness (QED) is 0.694. The van der Waals surface area contributed by atoms with Crippen LogP contribution in [-0.2, 0) is 22.6 Å². The highest BCUT2D eigenvalue weighted by Crippen LogP contribution is 2.44. The van der Waals surface area contributed by atoms with Gasteiger partial charge >= 0.3 is 0 Å². The average Bonchev–Trinajstić information content (AvgIpc) is 2.64. The minimum Gasteiger partial charge on any atom is -0.489 e. The van der Waals surface area contributed by atoms with Gasteiger partial charge < -0.3 is 14.3 Å². The zero-order chi connectivity index (χ0) is 18.7. The number of halogens is 1. The van der Waals surface area contributed by atoms with Crippen LogP contribution in [0.15, 0.2) is 30.3 Å². The van der Waals surface area contributed by atoms with E-state index < -0.39 is 0 Å². The number of benzene rings is 2. The Morgan fingerprint density at radius 3 is 2.73 bits per heavy atom. The van der Waals surface area contributed by atoms with Crippen molar-refractivity contribution in [2.24, 2.45) is 5.92 Å². The number of aldehydes is 1. The summed E-state index contributed by atoms with van der Waals surface area (Å²) in [5.41, 5.74) is 5.12. The van der Waals surface area contributed by atoms with Gasteiger partial charge in [0.05, 0.1) is 6.10 Å². The molecule has 4 heteroatoms. The largest absolute Gasteiger partial charge is 0.489 e. The van der Waals surface area contributed by atoms with Crippen LogP contribution in [0.1, 0.15) is 46.8 Å². The van der Waals surface area contributed by atoms with Gasteiger partial charge in [0.15, 0.2) is 0 Å². The number of rotatable bonds is 6. The number of fused-ring (bicyclic) bond motifs is 1. The molecule has 2 aromatic rings. The Kier molecular flexibility index (Phi) is 5.72. The predicted octanol–water partition coefficient (Wildman–Crippen LogP) is 4.86. The van der Waals surface area contributed by atoms with Crippen molar-refractivity contribution in [2.75, 3.05) is 7.11 Å². The lowest BCUT2D eigenvalue weighted by Gasteiger charge is -2.34. The SMILES string of the molecule is CO[C@H]1c2c(C)c(OCc3ccccc3F)cc(C)c2CC[C@H]1CC=O. The zero-order valence-electron chi connectivity index (χ0n) is 15.5. The molecular weight excluding hydrogens is 331 g/mol. The van der Waals surface area contributed by atoms with Crippen LogP contribution in [0.25, 0.3) is 0 Å². The summed E-state index contributed by atoms with van der Waals surface area (Å²) in [6, 6.07) is 8.67. The Morgan fingerprint density at radius 2 is 2.04 bits per heavy atom. The summed E-state index contributed by atoms with van der Waals surface area (Å²) in [6.45, 7) is 4.27. The van der Waals surface area contributed by atoms with E-state index in [1.807, 2.05) is 13.0 Å². The third-order valence-electron chi connectivity index (χ3n) is 5.39. The molecule has 0 spiro atoms. The number of carbonyl (C=O) groups excluding carboxylic acids is 1. The summed E-state index contributed by atoms with van der Waals surface area (Å²) in [6.07, 6.45) is 3.24. The smallest absolute Gasteiger partial charge is 0.129 e. The summed E-state index contributed by atoms with van der Waals surface area (Å²) in [5, 5.41) is 0. The van der Waals surface area contributed by atoms with Crippen molar-refractivity contribution in [3.05, 3.63) is 64.0 Å². The Hall–Kier alpha value is -2.20. The van der Waals surface area contributed by atoms with Gasteiger partial charge in [0.2, 0.25) is 0 Å². The van der Waals surface area contributed by atoms with Crippen LogP contribution in [0.3, 0.4) is 0 Å². The van der Waals surface area contributed by atoms with Gasteiger partial charge in [-0.3, -0.25) is 0 Å². The molecule has 0 fully saturated rings. The van der Waals surface area contributed by atoms with Crippen molar-refractivity contribution < 1.29 is 18.7 Å². The maximum atomic E-state index is 13.9. The Labute approximate surface area is 154 Å². The van der Waals surface area contributed by atoms with Gasteiger partial charge in [-0.15, -0.1) is 0 Å². The van der Waals surface area contributed by atoms with E-state index >= 15 is 0 Å². The van der Waals surface area contributed by atoms with Crippen molar-refractivity contribution in [3.63, 3.8) is 0 Å². The lowest BCUT2D eigenvalue weighted by atomic mass is 9.76. The van der Waals surface area contributed by atoms with Crippen LogP contribution in [0.5, 0.6) is 5.75 Å². The van der Waals surface area contributed by atoms with E-state index in [4.69, 9.17) is 9.47 Å². The van der Waals surface area contributed by atoms with Crippen molar-refractivity contribution in [1.82, 2.24) is 0 Å². The first-order chi connectivity index (χ1) is 12.6. The number of hydrogen-bond acceptors (Lipinski definition) is 3. The molecule has 0 amide bonds. The number of aryl methyl sites for hydroxylation is 1. The average molecular weight is 356 g/mol. The molecule has 0 bridgehead atoms. The molecule has 2 atom stereocenters. The molecule has 0 aliphatic heterocycles. The van der Waals surface area contributed by atoms with E-state index in [2.05, 4.69) is 6.92 Å². The maximum Gasteiger partial charge on any atom is 0.129 e. The fourth-order valence-corrected chi connectivity index (χ4v) is 3.99. The van der Waals surface area contributed by atoms with E-state index in [9.17, 15) is 9.18 Å². The zero-order valence-corrected chi connectivity index (χ0v) is 15.5. The van der Waals surface area contributed by atoms with E-state index in [0.29, 0.717) is 12.0 Å². The highest BCUT2D eigenvalue weighted by Gasteiger charge is 2.32. The lowest BCUT2D eigenvalue weighted by Crippen LogP contribution is -2.24. The van der Waals surface area contributed by atoms with Crippen molar-refractivity contribution in [3.8, 4) is 5.75 Å². The number of hydrogen-bond donors (Lipinski definition) is 0. The predicted molar refractivity (Wildman–Crippen MR) is 98.9 cm³/mol. The molecular formula is C22H25FO3. The standard InChI is InChI=1S/C22H25FO3/c1-14-12-20(26-13-17-6-4-5-7-19(17)23)15(2)21-18(14)9-8-16(10-11-24)22(21)25-3/h4-7,11-12,16,22H,8-10,13H2,1-3H3/t16-,22+/m0/s1. The lowest BCUT2D eigenvalue weighted by molar-refractivity contribution is -0.110. The van der Waals surface area contributed by atoms with Gasteiger partial charge in [-0.2, -0.15) is 0 Å². The molecule has 0 saturated heterocycles. The molecule has 2 aromatic carbocycles. The minimum absolute atomic E-state index is 0.111. The summed E-state index contributed by atoms with van der Waals surface area (Å²) >= 11 is 0. The highest BCUT2D eigenvalue weighted by atomic mass is 19.1. The monoisotopic (exact) mass is 356 g/mol. The van der Waals surface area contributed by atoms with Gasteiger partial charge in [0, 0.05) is 19.1 Å². The van der Waals surface area contributed by atoms with Gasteiger partial charge in [-0.25, -0.2) is 4.39 Å². The van der Waals surface area contributed by atoms with E-state index in [1.165, 1.54) is 11.6 Å². The van der Waals surface area contributed by atoms with Crippen LogP contribution in [-0.4, -0.2) is 13.4 Å². The highest BCUT2D eigenvalue weighted by molar-refractivity contribution is 5.54. The van der Waals surface area contributed by atoms with Gasteiger partial charge in [-0.05, 0) is 67.0 Å². The van der Waals surface area contributed by atoms with E-state index in [0.717, 1.165) is 41.6 Å². The second-order valence-electron chi connectivity index (χ2n) is 6.95. The molecule has 3 rings (SSSR count). The van der Waals surface area contributed by atoms with Gasteiger partial charge in [0.25, 0.3) is 0 Å². The first-order valence-corrected chi connectivity index (χ1v) is 9.02. The van der Waals surface area contributed by atoms with Gasteiger partial charge in [0.1, 0.15) is 24.5 Å². The number of ether oxygens (including phenoxy) is 2. The normalized spacial score (nSPS) is 19.1. The summed E-state index contributed by atoms with van der Waals surface area (Å²) in [7, 11) is 1.69. The van der Waals surface area contributed by atoms with Crippen molar-refractivity contribution >= 4 is 6.29 Å². The fraction of sp³-hybridized carbons (Fsp3) is 0.409.